The van der Waals surface area contributed by atoms with Gasteiger partial charge >= 0.3 is 0 Å². The molecule has 0 amide bonds. The molecule has 162 valence electrons. The van der Waals surface area contributed by atoms with E-state index in [2.05, 4.69) is 28.5 Å². The van der Waals surface area contributed by atoms with Gasteiger partial charge in [-0.25, -0.2) is 14.4 Å². The van der Waals surface area contributed by atoms with Gasteiger partial charge in [0.15, 0.2) is 0 Å². The number of hydrogen-bond acceptors (Lipinski definition) is 5. The molecule has 0 saturated carbocycles. The fourth-order valence-electron chi connectivity index (χ4n) is 4.06. The van der Waals surface area contributed by atoms with Crippen molar-refractivity contribution in [1.29, 1.82) is 0 Å². The normalized spacial score (nSPS) is 19.1. The minimum Gasteiger partial charge on any atom is -0.487 e. The standard InChI is InChI=1S/C26H25FN4O/c1-31-15-14-24(23(27)17-31)32-21-12-10-20(11-13-21)29-26-28-16-19-8-5-9-22(25(19)30-26)18-6-3-2-4-7-18/h2-13,16,23-24H,14-15,17H2,1H3,(H,28,29,30)/t23-,24-/m1/s1. The van der Waals surface area contributed by atoms with E-state index in [9.17, 15) is 4.39 Å². The van der Waals surface area contributed by atoms with E-state index in [0.29, 0.717) is 24.7 Å². The van der Waals surface area contributed by atoms with Crippen LogP contribution in [-0.4, -0.2) is 47.3 Å². The molecule has 1 N–H and O–H groups in total. The Morgan fingerprint density at radius 3 is 2.59 bits per heavy atom. The maximum Gasteiger partial charge on any atom is 0.227 e. The van der Waals surface area contributed by atoms with Crippen LogP contribution in [0.3, 0.4) is 0 Å². The van der Waals surface area contributed by atoms with Gasteiger partial charge in [0.05, 0.1) is 5.52 Å². The number of fused-ring (bicyclic) bond motifs is 1. The van der Waals surface area contributed by atoms with E-state index in [-0.39, 0.29) is 0 Å². The van der Waals surface area contributed by atoms with Crippen molar-refractivity contribution in [2.75, 3.05) is 25.5 Å². The molecule has 1 aliphatic rings. The van der Waals surface area contributed by atoms with Crippen molar-refractivity contribution in [3.63, 3.8) is 0 Å². The van der Waals surface area contributed by atoms with E-state index in [0.717, 1.165) is 34.3 Å². The second-order valence-electron chi connectivity index (χ2n) is 8.18. The van der Waals surface area contributed by atoms with Crippen molar-refractivity contribution in [3.05, 3.63) is 79.0 Å². The van der Waals surface area contributed by atoms with Crippen molar-refractivity contribution < 1.29 is 9.13 Å². The largest absolute Gasteiger partial charge is 0.487 e. The van der Waals surface area contributed by atoms with E-state index in [1.165, 1.54) is 0 Å². The number of nitrogens with one attached hydrogen (secondary N) is 1. The molecule has 32 heavy (non-hydrogen) atoms. The smallest absolute Gasteiger partial charge is 0.227 e. The highest BCUT2D eigenvalue weighted by Gasteiger charge is 2.29. The number of halogens is 1. The maximum absolute atomic E-state index is 14.2. The number of ether oxygens (including phenoxy) is 1. The predicted octanol–water partition coefficient (Wildman–Crippen LogP) is 5.46. The molecular weight excluding hydrogens is 403 g/mol. The molecule has 6 heteroatoms. The molecule has 5 nitrogen and oxygen atoms in total. The zero-order valence-corrected chi connectivity index (χ0v) is 17.9. The Morgan fingerprint density at radius 2 is 1.81 bits per heavy atom. The third-order valence-corrected chi connectivity index (χ3v) is 5.78. The third kappa shape index (κ3) is 4.41. The summed E-state index contributed by atoms with van der Waals surface area (Å²) in [6, 6.07) is 23.8. The van der Waals surface area contributed by atoms with Crippen molar-refractivity contribution in [2.24, 2.45) is 0 Å². The van der Waals surface area contributed by atoms with Gasteiger partial charge in [0.2, 0.25) is 5.95 Å². The van der Waals surface area contributed by atoms with E-state index in [1.807, 2.05) is 72.7 Å². The van der Waals surface area contributed by atoms with Crippen LogP contribution in [0.4, 0.5) is 16.0 Å². The highest BCUT2D eigenvalue weighted by Crippen LogP contribution is 2.28. The fourth-order valence-corrected chi connectivity index (χ4v) is 4.06. The zero-order valence-electron chi connectivity index (χ0n) is 17.9. The second-order valence-corrected chi connectivity index (χ2v) is 8.18. The van der Waals surface area contributed by atoms with Gasteiger partial charge in [-0.15, -0.1) is 0 Å². The van der Waals surface area contributed by atoms with Crippen LogP contribution in [0.5, 0.6) is 5.75 Å². The number of para-hydroxylation sites is 1. The number of alkyl halides is 1. The first kappa shape index (κ1) is 20.4. The third-order valence-electron chi connectivity index (χ3n) is 5.78. The van der Waals surface area contributed by atoms with Gasteiger partial charge < -0.3 is 15.0 Å². The molecule has 2 atom stereocenters. The molecule has 0 spiro atoms. The number of piperidine rings is 1. The van der Waals surface area contributed by atoms with E-state index < -0.39 is 12.3 Å². The molecule has 0 aliphatic carbocycles. The fraction of sp³-hybridized carbons (Fsp3) is 0.231. The van der Waals surface area contributed by atoms with Crippen LogP contribution >= 0.6 is 0 Å². The Morgan fingerprint density at radius 1 is 1.00 bits per heavy atom. The molecule has 1 saturated heterocycles. The number of hydrogen-bond donors (Lipinski definition) is 1. The Hall–Kier alpha value is -3.51. The minimum atomic E-state index is -0.976. The molecule has 4 aromatic rings. The number of nitrogens with zero attached hydrogens (tertiary/aromatic N) is 3. The molecule has 0 radical (unpaired) electrons. The van der Waals surface area contributed by atoms with Crippen LogP contribution in [0.1, 0.15) is 6.42 Å². The van der Waals surface area contributed by atoms with Gasteiger partial charge in [0, 0.05) is 35.9 Å². The van der Waals surface area contributed by atoms with Crippen LogP contribution < -0.4 is 10.1 Å². The van der Waals surface area contributed by atoms with Crippen molar-refractivity contribution >= 4 is 22.5 Å². The summed E-state index contributed by atoms with van der Waals surface area (Å²) in [5.41, 5.74) is 3.92. The molecule has 1 aliphatic heterocycles. The molecule has 0 bridgehead atoms. The average Bonchev–Trinajstić information content (AvgIpc) is 2.82. The van der Waals surface area contributed by atoms with E-state index in [4.69, 9.17) is 9.72 Å². The number of rotatable bonds is 5. The lowest BCUT2D eigenvalue weighted by atomic mass is 10.0. The summed E-state index contributed by atoms with van der Waals surface area (Å²) < 4.78 is 20.1. The quantitative estimate of drug-likeness (QED) is 0.457. The summed E-state index contributed by atoms with van der Waals surface area (Å²) in [5.74, 6) is 1.19. The van der Waals surface area contributed by atoms with E-state index in [1.54, 1.807) is 0 Å². The van der Waals surface area contributed by atoms with Gasteiger partial charge in [-0.3, -0.25) is 0 Å². The highest BCUT2D eigenvalue weighted by atomic mass is 19.1. The van der Waals surface area contributed by atoms with Gasteiger partial charge in [0.1, 0.15) is 18.0 Å². The topological polar surface area (TPSA) is 50.3 Å². The van der Waals surface area contributed by atoms with Gasteiger partial charge in [-0.05, 0) is 43.3 Å². The molecule has 3 aromatic carbocycles. The van der Waals surface area contributed by atoms with Crippen molar-refractivity contribution in [1.82, 2.24) is 14.9 Å². The number of aromatic nitrogens is 2. The molecule has 1 aromatic heterocycles. The summed E-state index contributed by atoms with van der Waals surface area (Å²) in [4.78, 5) is 11.2. The zero-order chi connectivity index (χ0) is 21.9. The average molecular weight is 429 g/mol. The Labute approximate surface area is 186 Å². The first-order valence-corrected chi connectivity index (χ1v) is 10.8. The summed E-state index contributed by atoms with van der Waals surface area (Å²) in [7, 11) is 1.93. The minimum absolute atomic E-state index is 0.398. The molecule has 0 unspecified atom stereocenters. The van der Waals surface area contributed by atoms with Crippen molar-refractivity contribution in [2.45, 2.75) is 18.7 Å². The highest BCUT2D eigenvalue weighted by molar-refractivity contribution is 5.93. The lowest BCUT2D eigenvalue weighted by molar-refractivity contribution is 0.0313. The number of benzene rings is 3. The number of anilines is 2. The van der Waals surface area contributed by atoms with Gasteiger partial charge in [0.25, 0.3) is 0 Å². The van der Waals surface area contributed by atoms with E-state index >= 15 is 0 Å². The van der Waals surface area contributed by atoms with Crippen LogP contribution in [0.15, 0.2) is 79.0 Å². The van der Waals surface area contributed by atoms with Crippen molar-refractivity contribution in [3.8, 4) is 16.9 Å². The molecular formula is C26H25FN4O. The molecule has 5 rings (SSSR count). The van der Waals surface area contributed by atoms with Crippen LogP contribution in [0, 0.1) is 0 Å². The first-order valence-electron chi connectivity index (χ1n) is 10.8. The summed E-state index contributed by atoms with van der Waals surface area (Å²) in [6.45, 7) is 1.25. The monoisotopic (exact) mass is 428 g/mol. The molecule has 1 fully saturated rings. The van der Waals surface area contributed by atoms with Crippen LogP contribution in [-0.2, 0) is 0 Å². The SMILES string of the molecule is CN1CC[C@@H](Oc2ccc(Nc3ncc4cccc(-c5ccccc5)c4n3)cc2)[C@H](F)C1. The Kier molecular flexibility index (Phi) is 5.69. The Bertz CT molecular complexity index is 1200. The summed E-state index contributed by atoms with van der Waals surface area (Å²) in [6.07, 6.45) is 1.14. The van der Waals surface area contributed by atoms with Gasteiger partial charge in [-0.2, -0.15) is 0 Å². The summed E-state index contributed by atoms with van der Waals surface area (Å²) >= 11 is 0. The first-order chi connectivity index (χ1) is 15.7. The lowest BCUT2D eigenvalue weighted by Gasteiger charge is -2.32. The maximum atomic E-state index is 14.2. The summed E-state index contributed by atoms with van der Waals surface area (Å²) in [5, 5.41) is 4.25. The number of likely N-dealkylation sites (tertiary alicyclic amines) is 1. The van der Waals surface area contributed by atoms with Crippen LogP contribution in [0.2, 0.25) is 0 Å². The van der Waals surface area contributed by atoms with Crippen LogP contribution in [0.25, 0.3) is 22.0 Å². The Balaban J connectivity index is 1.33. The predicted molar refractivity (Wildman–Crippen MR) is 126 cm³/mol. The molecule has 2 heterocycles. The second kappa shape index (κ2) is 8.93. The van der Waals surface area contributed by atoms with Gasteiger partial charge in [-0.1, -0.05) is 48.5 Å². The lowest BCUT2D eigenvalue weighted by Crippen LogP contribution is -2.45.